The summed E-state index contributed by atoms with van der Waals surface area (Å²) in [5.74, 6) is 1.18. The van der Waals surface area contributed by atoms with Gasteiger partial charge in [-0.05, 0) is 42.5 Å². The third kappa shape index (κ3) is 3.18. The molecule has 4 nitrogen and oxygen atoms in total. The van der Waals surface area contributed by atoms with Gasteiger partial charge in [-0.1, -0.05) is 59.8 Å². The first-order valence-electron chi connectivity index (χ1n) is 9.42. The molecule has 0 N–H and O–H groups in total. The van der Waals surface area contributed by atoms with Crippen LogP contribution in [0.15, 0.2) is 70.2 Å². The minimum Gasteiger partial charge on any atom is -0.333 e. The van der Waals surface area contributed by atoms with Gasteiger partial charge in [-0.2, -0.15) is 4.98 Å². The van der Waals surface area contributed by atoms with E-state index in [1.54, 1.807) is 11.3 Å². The molecule has 0 atom stereocenters. The average molecular weight is 385 g/mol. The molecular formula is C23H19N3OS. The molecule has 0 saturated heterocycles. The van der Waals surface area contributed by atoms with E-state index in [1.165, 1.54) is 27.3 Å². The molecule has 0 unspecified atom stereocenters. The molecule has 0 aliphatic carbocycles. The predicted molar refractivity (Wildman–Crippen MR) is 114 cm³/mol. The van der Waals surface area contributed by atoms with Gasteiger partial charge < -0.3 is 4.52 Å². The summed E-state index contributed by atoms with van der Waals surface area (Å²) in [5.41, 5.74) is 5.75. The van der Waals surface area contributed by atoms with Crippen molar-refractivity contribution in [2.24, 2.45) is 4.99 Å². The van der Waals surface area contributed by atoms with Crippen LogP contribution in [0.4, 0.5) is 0 Å². The molecule has 0 saturated carbocycles. The molecule has 1 aliphatic heterocycles. The highest BCUT2D eigenvalue weighted by Crippen LogP contribution is 2.36. The summed E-state index contributed by atoms with van der Waals surface area (Å²) in [6.45, 7) is 3.06. The Bertz CT molecular complexity index is 1140. The number of nitrogens with zero attached hydrogens (tertiary/aromatic N) is 3. The molecule has 1 aliphatic rings. The zero-order valence-electron chi connectivity index (χ0n) is 15.6. The van der Waals surface area contributed by atoms with Crippen LogP contribution in [-0.2, 0) is 0 Å². The summed E-state index contributed by atoms with van der Waals surface area (Å²) in [6, 6.07) is 20.8. The maximum atomic E-state index is 5.56. The van der Waals surface area contributed by atoms with E-state index in [2.05, 4.69) is 64.5 Å². The first-order chi connectivity index (χ1) is 13.8. The van der Waals surface area contributed by atoms with Crippen LogP contribution in [0.3, 0.4) is 0 Å². The SMILES string of the molecule is Cc1sc(-c2nc(-c3ccc(C4=NCCC4)cc3)no2)cc1-c1ccccc1. The molecule has 5 heteroatoms. The number of hydrogen-bond donors (Lipinski definition) is 0. The summed E-state index contributed by atoms with van der Waals surface area (Å²) in [4.78, 5) is 11.4. The molecule has 4 aromatic rings. The number of rotatable bonds is 4. The lowest BCUT2D eigenvalue weighted by atomic mass is 10.1. The Morgan fingerprint density at radius 1 is 0.929 bits per heavy atom. The van der Waals surface area contributed by atoms with Crippen molar-refractivity contribution in [2.45, 2.75) is 19.8 Å². The van der Waals surface area contributed by atoms with Gasteiger partial charge in [0.1, 0.15) is 0 Å². The zero-order valence-corrected chi connectivity index (χ0v) is 16.4. The second-order valence-electron chi connectivity index (χ2n) is 6.88. The van der Waals surface area contributed by atoms with E-state index < -0.39 is 0 Å². The van der Waals surface area contributed by atoms with Crippen molar-refractivity contribution in [3.8, 4) is 33.3 Å². The van der Waals surface area contributed by atoms with Crippen LogP contribution in [0.1, 0.15) is 23.3 Å². The Morgan fingerprint density at radius 2 is 1.71 bits per heavy atom. The van der Waals surface area contributed by atoms with Gasteiger partial charge in [-0.25, -0.2) is 0 Å². The Morgan fingerprint density at radius 3 is 2.46 bits per heavy atom. The van der Waals surface area contributed by atoms with Crippen LogP contribution in [0, 0.1) is 6.92 Å². The number of aryl methyl sites for hydroxylation is 1. The van der Waals surface area contributed by atoms with E-state index in [4.69, 9.17) is 4.52 Å². The summed E-state index contributed by atoms with van der Waals surface area (Å²) >= 11 is 1.68. The lowest BCUT2D eigenvalue weighted by Gasteiger charge is -2.01. The van der Waals surface area contributed by atoms with Crippen LogP contribution < -0.4 is 0 Å². The van der Waals surface area contributed by atoms with Crippen molar-refractivity contribution in [3.63, 3.8) is 0 Å². The first-order valence-corrected chi connectivity index (χ1v) is 10.2. The van der Waals surface area contributed by atoms with E-state index in [9.17, 15) is 0 Å². The molecule has 0 spiro atoms. The van der Waals surface area contributed by atoms with E-state index in [0.717, 1.165) is 29.8 Å². The van der Waals surface area contributed by atoms with Gasteiger partial charge in [0, 0.05) is 22.7 Å². The maximum Gasteiger partial charge on any atom is 0.268 e. The van der Waals surface area contributed by atoms with Gasteiger partial charge in [0.15, 0.2) is 0 Å². The van der Waals surface area contributed by atoms with Crippen molar-refractivity contribution < 1.29 is 4.52 Å². The second kappa shape index (κ2) is 7.17. The quantitative estimate of drug-likeness (QED) is 0.431. The highest BCUT2D eigenvalue weighted by atomic mass is 32.1. The second-order valence-corrected chi connectivity index (χ2v) is 8.14. The van der Waals surface area contributed by atoms with Gasteiger partial charge >= 0.3 is 0 Å². The van der Waals surface area contributed by atoms with Gasteiger partial charge in [-0.15, -0.1) is 11.3 Å². The summed E-state index contributed by atoms with van der Waals surface area (Å²) in [7, 11) is 0. The molecular weight excluding hydrogens is 366 g/mol. The van der Waals surface area contributed by atoms with Crippen LogP contribution in [0.25, 0.3) is 33.3 Å². The summed E-state index contributed by atoms with van der Waals surface area (Å²) in [6.07, 6.45) is 2.21. The smallest absolute Gasteiger partial charge is 0.268 e. The van der Waals surface area contributed by atoms with Gasteiger partial charge in [-0.3, -0.25) is 4.99 Å². The fourth-order valence-corrected chi connectivity index (χ4v) is 4.48. The lowest BCUT2D eigenvalue weighted by molar-refractivity contribution is 0.433. The molecule has 0 radical (unpaired) electrons. The van der Waals surface area contributed by atoms with Crippen LogP contribution in [-0.4, -0.2) is 22.4 Å². The topological polar surface area (TPSA) is 51.3 Å². The molecule has 5 rings (SSSR count). The van der Waals surface area contributed by atoms with Crippen LogP contribution >= 0.6 is 11.3 Å². The third-order valence-electron chi connectivity index (χ3n) is 4.99. The largest absolute Gasteiger partial charge is 0.333 e. The van der Waals surface area contributed by atoms with E-state index in [-0.39, 0.29) is 0 Å². The Kier molecular flexibility index (Phi) is 4.37. The predicted octanol–water partition coefficient (Wildman–Crippen LogP) is 6.02. The Hall–Kier alpha value is -3.05. The summed E-state index contributed by atoms with van der Waals surface area (Å²) in [5, 5.41) is 4.19. The fourth-order valence-electron chi connectivity index (χ4n) is 3.52. The Labute approximate surface area is 167 Å². The number of hydrogen-bond acceptors (Lipinski definition) is 5. The minimum atomic E-state index is 0.564. The number of aliphatic imine (C=N–C) groups is 1. The number of benzene rings is 2. The van der Waals surface area contributed by atoms with Crippen molar-refractivity contribution in [3.05, 3.63) is 71.1 Å². The normalized spacial score (nSPS) is 13.7. The zero-order chi connectivity index (χ0) is 18.9. The maximum absolute atomic E-state index is 5.56. The lowest BCUT2D eigenvalue weighted by Crippen LogP contribution is -1.95. The Balaban J connectivity index is 1.42. The van der Waals surface area contributed by atoms with Crippen molar-refractivity contribution in [1.29, 1.82) is 0 Å². The molecule has 0 amide bonds. The molecule has 0 bridgehead atoms. The first kappa shape index (κ1) is 17.1. The minimum absolute atomic E-state index is 0.564. The number of aromatic nitrogens is 2. The third-order valence-corrected chi connectivity index (χ3v) is 6.03. The van der Waals surface area contributed by atoms with Crippen molar-refractivity contribution in [2.75, 3.05) is 6.54 Å². The molecule has 2 aromatic heterocycles. The highest BCUT2D eigenvalue weighted by Gasteiger charge is 2.16. The molecule has 0 fully saturated rings. The van der Waals surface area contributed by atoms with Crippen LogP contribution in [0.5, 0.6) is 0 Å². The monoisotopic (exact) mass is 385 g/mol. The number of thiophene rings is 1. The molecule has 2 aromatic carbocycles. The fraction of sp³-hybridized carbons (Fsp3) is 0.174. The van der Waals surface area contributed by atoms with Crippen molar-refractivity contribution >= 4 is 17.0 Å². The van der Waals surface area contributed by atoms with Crippen molar-refractivity contribution in [1.82, 2.24) is 10.1 Å². The van der Waals surface area contributed by atoms with Gasteiger partial charge in [0.05, 0.1) is 4.88 Å². The molecule has 138 valence electrons. The standard InChI is InChI=1S/C23H19N3OS/c1-15-19(16-6-3-2-4-7-16)14-21(28-15)23-25-22(26-27-23)18-11-9-17(10-12-18)20-8-5-13-24-20/h2-4,6-7,9-12,14H,5,8,13H2,1H3. The molecule has 28 heavy (non-hydrogen) atoms. The van der Waals surface area contributed by atoms with Gasteiger partial charge in [0.2, 0.25) is 5.82 Å². The average Bonchev–Trinajstić information content (AvgIpc) is 3.49. The van der Waals surface area contributed by atoms with E-state index in [0.29, 0.717) is 11.7 Å². The van der Waals surface area contributed by atoms with Gasteiger partial charge in [0.25, 0.3) is 5.89 Å². The highest BCUT2D eigenvalue weighted by molar-refractivity contribution is 7.15. The van der Waals surface area contributed by atoms with E-state index in [1.807, 2.05) is 18.2 Å². The molecule has 3 heterocycles. The van der Waals surface area contributed by atoms with Crippen LogP contribution in [0.2, 0.25) is 0 Å². The van der Waals surface area contributed by atoms with E-state index >= 15 is 0 Å². The summed E-state index contributed by atoms with van der Waals surface area (Å²) < 4.78 is 5.56.